The van der Waals surface area contributed by atoms with E-state index in [9.17, 15) is 5.11 Å². The van der Waals surface area contributed by atoms with Crippen LogP contribution < -0.4 is 4.90 Å². The van der Waals surface area contributed by atoms with E-state index in [0.717, 1.165) is 31.7 Å². The number of aromatic nitrogens is 1. The first kappa shape index (κ1) is 16.2. The molecule has 1 atom stereocenters. The summed E-state index contributed by atoms with van der Waals surface area (Å²) in [5.74, 6) is 1.33. The van der Waals surface area contributed by atoms with Crippen LogP contribution >= 0.6 is 0 Å². The number of piperidine rings is 1. The minimum Gasteiger partial charge on any atom is -0.396 e. The van der Waals surface area contributed by atoms with E-state index in [1.807, 2.05) is 32.9 Å². The zero-order chi connectivity index (χ0) is 15.5. The molecule has 2 N–H and O–H groups in total. The van der Waals surface area contributed by atoms with Crippen molar-refractivity contribution in [3.63, 3.8) is 0 Å². The standard InChI is InChI=1S/C16H26N2O3/c1-16(2,3)21-15(20)13-4-5-14(17-10-13)18-8-6-12(11-19)7-9-18/h4-5,10,12,15,19-20H,6-9,11H2,1-3H3. The number of aliphatic hydroxyl groups excluding tert-OH is 2. The van der Waals surface area contributed by atoms with Gasteiger partial charge in [-0.1, -0.05) is 0 Å². The second-order valence-corrected chi connectivity index (χ2v) is 6.65. The summed E-state index contributed by atoms with van der Waals surface area (Å²) >= 11 is 0. The minimum atomic E-state index is -0.952. The van der Waals surface area contributed by atoms with Crippen molar-refractivity contribution < 1.29 is 14.9 Å². The molecule has 2 rings (SSSR count). The van der Waals surface area contributed by atoms with E-state index in [2.05, 4.69) is 9.88 Å². The highest BCUT2D eigenvalue weighted by atomic mass is 16.6. The van der Waals surface area contributed by atoms with Crippen LogP contribution in [0.4, 0.5) is 5.82 Å². The molecule has 0 amide bonds. The van der Waals surface area contributed by atoms with E-state index in [4.69, 9.17) is 9.84 Å². The van der Waals surface area contributed by atoms with E-state index in [1.54, 1.807) is 6.20 Å². The molecule has 1 aliphatic heterocycles. The van der Waals surface area contributed by atoms with Gasteiger partial charge in [0.1, 0.15) is 5.82 Å². The highest BCUT2D eigenvalue weighted by Gasteiger charge is 2.21. The fraction of sp³-hybridized carbons (Fsp3) is 0.688. The van der Waals surface area contributed by atoms with Gasteiger partial charge >= 0.3 is 0 Å². The summed E-state index contributed by atoms with van der Waals surface area (Å²) in [4.78, 5) is 6.64. The lowest BCUT2D eigenvalue weighted by Crippen LogP contribution is -2.35. The van der Waals surface area contributed by atoms with Gasteiger partial charge < -0.3 is 19.8 Å². The predicted octanol–water partition coefficient (Wildman–Crippen LogP) is 2.10. The molecule has 1 aliphatic rings. The van der Waals surface area contributed by atoms with Gasteiger partial charge in [0.25, 0.3) is 0 Å². The maximum Gasteiger partial charge on any atom is 0.183 e. The average Bonchev–Trinajstić information content (AvgIpc) is 2.46. The number of hydrogen-bond donors (Lipinski definition) is 2. The van der Waals surface area contributed by atoms with Crippen molar-refractivity contribution in [1.29, 1.82) is 0 Å². The first-order valence-corrected chi connectivity index (χ1v) is 7.56. The minimum absolute atomic E-state index is 0.274. The predicted molar refractivity (Wildman–Crippen MR) is 82.1 cm³/mol. The van der Waals surface area contributed by atoms with Crippen molar-refractivity contribution in [2.75, 3.05) is 24.6 Å². The van der Waals surface area contributed by atoms with Crippen LogP contribution in [-0.4, -0.2) is 40.5 Å². The van der Waals surface area contributed by atoms with Crippen molar-refractivity contribution in [1.82, 2.24) is 4.98 Å². The van der Waals surface area contributed by atoms with Crippen LogP contribution in [0.1, 0.15) is 45.5 Å². The van der Waals surface area contributed by atoms with Gasteiger partial charge in [-0.25, -0.2) is 4.98 Å². The van der Waals surface area contributed by atoms with E-state index in [-0.39, 0.29) is 6.61 Å². The molecule has 0 bridgehead atoms. The number of rotatable bonds is 4. The summed E-state index contributed by atoms with van der Waals surface area (Å²) in [6, 6.07) is 3.78. The first-order valence-electron chi connectivity index (χ1n) is 7.56. The topological polar surface area (TPSA) is 65.8 Å². The van der Waals surface area contributed by atoms with Crippen LogP contribution in [0.15, 0.2) is 18.3 Å². The van der Waals surface area contributed by atoms with E-state index in [0.29, 0.717) is 11.5 Å². The molecule has 118 valence electrons. The molecule has 2 heterocycles. The Hall–Kier alpha value is -1.17. The highest BCUT2D eigenvalue weighted by molar-refractivity contribution is 5.39. The zero-order valence-corrected chi connectivity index (χ0v) is 13.1. The molecule has 1 aromatic heterocycles. The van der Waals surface area contributed by atoms with Crippen LogP contribution in [0.5, 0.6) is 0 Å². The summed E-state index contributed by atoms with van der Waals surface area (Å²) in [6.07, 6.45) is 2.71. The summed E-state index contributed by atoms with van der Waals surface area (Å²) in [5.41, 5.74) is 0.267. The van der Waals surface area contributed by atoms with Crippen LogP contribution in [0.25, 0.3) is 0 Å². The molecule has 1 saturated heterocycles. The maximum absolute atomic E-state index is 10.0. The molecule has 5 heteroatoms. The number of pyridine rings is 1. The number of nitrogens with zero attached hydrogens (tertiary/aromatic N) is 2. The normalized spacial score (nSPS) is 18.8. The fourth-order valence-electron chi connectivity index (χ4n) is 2.48. The zero-order valence-electron chi connectivity index (χ0n) is 13.1. The number of aliphatic hydroxyl groups is 2. The Morgan fingerprint density at radius 2 is 2.00 bits per heavy atom. The molecule has 0 radical (unpaired) electrons. The van der Waals surface area contributed by atoms with Crippen LogP contribution in [0.3, 0.4) is 0 Å². The Balaban J connectivity index is 1.96. The average molecular weight is 294 g/mol. The van der Waals surface area contributed by atoms with E-state index >= 15 is 0 Å². The first-order chi connectivity index (χ1) is 9.89. The Morgan fingerprint density at radius 3 is 2.48 bits per heavy atom. The third-order valence-electron chi connectivity index (χ3n) is 3.72. The third kappa shape index (κ3) is 4.66. The summed E-state index contributed by atoms with van der Waals surface area (Å²) < 4.78 is 5.51. The molecule has 21 heavy (non-hydrogen) atoms. The molecule has 0 saturated carbocycles. The maximum atomic E-state index is 10.0. The molecule has 0 aromatic carbocycles. The smallest absolute Gasteiger partial charge is 0.183 e. The van der Waals surface area contributed by atoms with Crippen molar-refractivity contribution in [2.45, 2.75) is 45.5 Å². The van der Waals surface area contributed by atoms with Gasteiger partial charge in [-0.05, 0) is 51.7 Å². The number of anilines is 1. The molecule has 1 fully saturated rings. The lowest BCUT2D eigenvalue weighted by atomic mass is 9.98. The quantitative estimate of drug-likeness (QED) is 0.833. The molecular formula is C16H26N2O3. The second kappa shape index (κ2) is 6.73. The summed E-state index contributed by atoms with van der Waals surface area (Å²) in [5, 5.41) is 19.2. The lowest BCUT2D eigenvalue weighted by Gasteiger charge is -2.32. The molecule has 5 nitrogen and oxygen atoms in total. The van der Waals surface area contributed by atoms with Crippen LogP contribution in [0, 0.1) is 5.92 Å². The van der Waals surface area contributed by atoms with Crippen LogP contribution in [0.2, 0.25) is 0 Å². The Bertz CT molecular complexity index is 434. The van der Waals surface area contributed by atoms with Gasteiger partial charge in [0.05, 0.1) is 5.60 Å². The van der Waals surface area contributed by atoms with Crippen molar-refractivity contribution in [3.8, 4) is 0 Å². The number of hydrogen-bond acceptors (Lipinski definition) is 5. The summed E-state index contributed by atoms with van der Waals surface area (Å²) in [7, 11) is 0. The van der Waals surface area contributed by atoms with Gasteiger partial charge in [-0.15, -0.1) is 0 Å². The van der Waals surface area contributed by atoms with Gasteiger partial charge in [-0.3, -0.25) is 0 Å². The van der Waals surface area contributed by atoms with Gasteiger partial charge in [0.15, 0.2) is 6.29 Å². The van der Waals surface area contributed by atoms with E-state index in [1.165, 1.54) is 0 Å². The number of ether oxygens (including phenoxy) is 1. The summed E-state index contributed by atoms with van der Waals surface area (Å²) in [6.45, 7) is 7.82. The molecular weight excluding hydrogens is 268 g/mol. The van der Waals surface area contributed by atoms with Gasteiger partial charge in [0.2, 0.25) is 0 Å². The molecule has 0 aliphatic carbocycles. The third-order valence-corrected chi connectivity index (χ3v) is 3.72. The monoisotopic (exact) mass is 294 g/mol. The van der Waals surface area contributed by atoms with Gasteiger partial charge in [0, 0.05) is 31.5 Å². The molecule has 1 unspecified atom stereocenters. The van der Waals surface area contributed by atoms with Gasteiger partial charge in [-0.2, -0.15) is 0 Å². The molecule has 1 aromatic rings. The van der Waals surface area contributed by atoms with Crippen molar-refractivity contribution in [2.24, 2.45) is 5.92 Å². The fourth-order valence-corrected chi connectivity index (χ4v) is 2.48. The van der Waals surface area contributed by atoms with Crippen LogP contribution in [-0.2, 0) is 4.74 Å². The largest absolute Gasteiger partial charge is 0.396 e. The Morgan fingerprint density at radius 1 is 1.33 bits per heavy atom. The second-order valence-electron chi connectivity index (χ2n) is 6.65. The van der Waals surface area contributed by atoms with Crippen molar-refractivity contribution >= 4 is 5.82 Å². The lowest BCUT2D eigenvalue weighted by molar-refractivity contribution is -0.169. The Labute approximate surface area is 126 Å². The SMILES string of the molecule is CC(C)(C)OC(O)c1ccc(N2CCC(CO)CC2)nc1. The highest BCUT2D eigenvalue weighted by Crippen LogP contribution is 2.24. The Kier molecular flexibility index (Phi) is 5.19. The van der Waals surface area contributed by atoms with Crippen molar-refractivity contribution in [3.05, 3.63) is 23.9 Å². The van der Waals surface area contributed by atoms with E-state index < -0.39 is 11.9 Å². The molecule has 0 spiro atoms.